The zero-order valence-corrected chi connectivity index (χ0v) is 10.8. The number of carbonyl (C=O) groups is 2. The molecule has 2 fully saturated rings. The molecule has 1 saturated carbocycles. The molecule has 1 aliphatic heterocycles. The lowest BCUT2D eigenvalue weighted by atomic mass is 9.62. The van der Waals surface area contributed by atoms with Crippen molar-refractivity contribution in [1.29, 1.82) is 0 Å². The van der Waals surface area contributed by atoms with Crippen LogP contribution >= 0.6 is 0 Å². The van der Waals surface area contributed by atoms with Gasteiger partial charge in [-0.3, -0.25) is 9.59 Å². The van der Waals surface area contributed by atoms with Gasteiger partial charge < -0.3 is 4.90 Å². The van der Waals surface area contributed by atoms with E-state index in [-0.39, 0.29) is 5.41 Å². The molecule has 0 aromatic heterocycles. The number of hydrogen-bond donors (Lipinski definition) is 0. The van der Waals surface area contributed by atoms with Gasteiger partial charge in [-0.2, -0.15) is 0 Å². The van der Waals surface area contributed by atoms with E-state index >= 15 is 0 Å². The van der Waals surface area contributed by atoms with E-state index in [4.69, 9.17) is 0 Å². The monoisotopic (exact) mass is 237 g/mol. The number of carbonyl (C=O) groups excluding carboxylic acids is 2. The van der Waals surface area contributed by atoms with Crippen molar-refractivity contribution in [1.82, 2.24) is 4.90 Å². The highest BCUT2D eigenvalue weighted by molar-refractivity contribution is 5.86. The summed E-state index contributed by atoms with van der Waals surface area (Å²) in [4.78, 5) is 25.0. The first-order chi connectivity index (χ1) is 8.15. The summed E-state index contributed by atoms with van der Waals surface area (Å²) in [5.74, 6) is 0.728. The molecule has 0 aromatic rings. The maximum Gasteiger partial charge on any atom is 0.222 e. The van der Waals surface area contributed by atoms with Crippen molar-refractivity contribution in [2.24, 2.45) is 5.41 Å². The molecular formula is C14H23NO2. The first kappa shape index (κ1) is 12.6. The van der Waals surface area contributed by atoms with Crippen LogP contribution in [0.5, 0.6) is 0 Å². The number of piperidine rings is 1. The molecule has 2 rings (SSSR count). The topological polar surface area (TPSA) is 37.4 Å². The Morgan fingerprint density at radius 1 is 1.24 bits per heavy atom. The predicted molar refractivity (Wildman–Crippen MR) is 66.6 cm³/mol. The third-order valence-electron chi connectivity index (χ3n) is 4.32. The summed E-state index contributed by atoms with van der Waals surface area (Å²) in [6.45, 7) is 3.90. The van der Waals surface area contributed by atoms with Crippen LogP contribution in [0.4, 0.5) is 0 Å². The summed E-state index contributed by atoms with van der Waals surface area (Å²) in [6.07, 6.45) is 7.66. The minimum Gasteiger partial charge on any atom is -0.343 e. The van der Waals surface area contributed by atoms with Crippen LogP contribution in [0.15, 0.2) is 0 Å². The number of unbranched alkanes of at least 4 members (excludes halogenated alkanes) is 2. The predicted octanol–water partition coefficient (Wildman–Crippen LogP) is 2.54. The van der Waals surface area contributed by atoms with Crippen LogP contribution < -0.4 is 0 Å². The summed E-state index contributed by atoms with van der Waals surface area (Å²) >= 11 is 0. The molecule has 3 heteroatoms. The summed E-state index contributed by atoms with van der Waals surface area (Å²) in [6, 6.07) is 0. The lowest BCUT2D eigenvalue weighted by Crippen LogP contribution is -2.48. The molecule has 1 aliphatic carbocycles. The highest BCUT2D eigenvalue weighted by atomic mass is 16.2. The second kappa shape index (κ2) is 5.19. The fourth-order valence-electron chi connectivity index (χ4n) is 3.05. The number of Topliss-reactive ketones (excluding diaryl/α,β-unsaturated/α-hetero) is 1. The minimum absolute atomic E-state index is 0.289. The quantitative estimate of drug-likeness (QED) is 0.705. The molecule has 17 heavy (non-hydrogen) atoms. The van der Waals surface area contributed by atoms with Gasteiger partial charge in [0.25, 0.3) is 0 Å². The normalized spacial score (nSPS) is 22.6. The van der Waals surface area contributed by atoms with Crippen molar-refractivity contribution in [2.75, 3.05) is 13.1 Å². The minimum atomic E-state index is 0.289. The first-order valence-electron chi connectivity index (χ1n) is 6.95. The molecule has 0 bridgehead atoms. The fraction of sp³-hybridized carbons (Fsp3) is 0.857. The van der Waals surface area contributed by atoms with Crippen LogP contribution in [0.3, 0.4) is 0 Å². The van der Waals surface area contributed by atoms with Gasteiger partial charge in [0, 0.05) is 32.4 Å². The third-order valence-corrected chi connectivity index (χ3v) is 4.32. The summed E-state index contributed by atoms with van der Waals surface area (Å²) in [7, 11) is 0. The summed E-state index contributed by atoms with van der Waals surface area (Å²) < 4.78 is 0. The number of hydrogen-bond acceptors (Lipinski definition) is 2. The van der Waals surface area contributed by atoms with Gasteiger partial charge in [-0.1, -0.05) is 19.8 Å². The molecule has 0 aromatic carbocycles. The van der Waals surface area contributed by atoms with E-state index in [0.717, 1.165) is 51.6 Å². The van der Waals surface area contributed by atoms with Crippen LogP contribution in [0.1, 0.15) is 58.3 Å². The SMILES string of the molecule is CCCCCC(=O)N1CCC2(CC1)CC(=O)C2. The van der Waals surface area contributed by atoms with Crippen molar-refractivity contribution < 1.29 is 9.59 Å². The van der Waals surface area contributed by atoms with Crippen molar-refractivity contribution in [3.05, 3.63) is 0 Å². The van der Waals surface area contributed by atoms with E-state index in [0.29, 0.717) is 18.1 Å². The molecule has 1 heterocycles. The van der Waals surface area contributed by atoms with Crippen molar-refractivity contribution in [3.63, 3.8) is 0 Å². The highest BCUT2D eigenvalue weighted by Crippen LogP contribution is 2.46. The third kappa shape index (κ3) is 2.88. The van der Waals surface area contributed by atoms with Gasteiger partial charge in [-0.05, 0) is 24.7 Å². The Kier molecular flexibility index (Phi) is 3.85. The Hall–Kier alpha value is -0.860. The van der Waals surface area contributed by atoms with E-state index in [1.54, 1.807) is 0 Å². The van der Waals surface area contributed by atoms with Gasteiger partial charge in [0.1, 0.15) is 5.78 Å². The Labute approximate surface area is 104 Å². The van der Waals surface area contributed by atoms with Gasteiger partial charge in [-0.15, -0.1) is 0 Å². The maximum atomic E-state index is 11.9. The Balaban J connectivity index is 1.71. The van der Waals surface area contributed by atoms with Crippen molar-refractivity contribution in [2.45, 2.75) is 58.3 Å². The van der Waals surface area contributed by atoms with Crippen LogP contribution in [0.2, 0.25) is 0 Å². The number of likely N-dealkylation sites (tertiary alicyclic amines) is 1. The number of nitrogens with zero attached hydrogens (tertiary/aromatic N) is 1. The highest BCUT2D eigenvalue weighted by Gasteiger charge is 2.45. The van der Waals surface area contributed by atoms with Crippen molar-refractivity contribution >= 4 is 11.7 Å². The molecule has 0 N–H and O–H groups in total. The van der Waals surface area contributed by atoms with E-state index in [2.05, 4.69) is 6.92 Å². The molecule has 0 radical (unpaired) electrons. The smallest absolute Gasteiger partial charge is 0.222 e. The van der Waals surface area contributed by atoms with Crippen LogP contribution in [0.25, 0.3) is 0 Å². The Morgan fingerprint density at radius 2 is 1.88 bits per heavy atom. The number of ketones is 1. The van der Waals surface area contributed by atoms with Gasteiger partial charge >= 0.3 is 0 Å². The van der Waals surface area contributed by atoms with Crippen LogP contribution in [-0.2, 0) is 9.59 Å². The number of amides is 1. The van der Waals surface area contributed by atoms with E-state index in [9.17, 15) is 9.59 Å². The molecule has 0 unspecified atom stereocenters. The number of rotatable bonds is 4. The van der Waals surface area contributed by atoms with E-state index < -0.39 is 0 Å². The zero-order valence-electron chi connectivity index (χ0n) is 10.8. The molecule has 2 aliphatic rings. The summed E-state index contributed by atoms with van der Waals surface area (Å²) in [5.41, 5.74) is 0.289. The van der Waals surface area contributed by atoms with Crippen LogP contribution in [-0.4, -0.2) is 29.7 Å². The van der Waals surface area contributed by atoms with Crippen LogP contribution in [0, 0.1) is 5.41 Å². The maximum absolute atomic E-state index is 11.9. The lowest BCUT2D eigenvalue weighted by Gasteiger charge is -2.46. The largest absolute Gasteiger partial charge is 0.343 e. The standard InChI is InChI=1S/C14H23NO2/c1-2-3-4-5-13(17)15-8-6-14(7-9-15)10-12(16)11-14/h2-11H2,1H3. The molecule has 3 nitrogen and oxygen atoms in total. The van der Waals surface area contributed by atoms with Gasteiger partial charge in [0.05, 0.1) is 0 Å². The van der Waals surface area contributed by atoms with Gasteiger partial charge in [-0.25, -0.2) is 0 Å². The molecule has 96 valence electrons. The van der Waals surface area contributed by atoms with E-state index in [1.807, 2.05) is 4.90 Å². The average Bonchev–Trinajstić information content (AvgIpc) is 2.28. The molecular weight excluding hydrogens is 214 g/mol. The Bertz CT molecular complexity index is 293. The van der Waals surface area contributed by atoms with E-state index in [1.165, 1.54) is 6.42 Å². The van der Waals surface area contributed by atoms with Gasteiger partial charge in [0.15, 0.2) is 0 Å². The first-order valence-corrected chi connectivity index (χ1v) is 6.95. The zero-order chi connectivity index (χ0) is 12.3. The molecule has 1 saturated heterocycles. The molecule has 1 amide bonds. The summed E-state index contributed by atoms with van der Waals surface area (Å²) in [5, 5.41) is 0. The second-order valence-corrected chi connectivity index (χ2v) is 5.73. The van der Waals surface area contributed by atoms with Crippen molar-refractivity contribution in [3.8, 4) is 0 Å². The second-order valence-electron chi connectivity index (χ2n) is 5.73. The van der Waals surface area contributed by atoms with Gasteiger partial charge in [0.2, 0.25) is 5.91 Å². The Morgan fingerprint density at radius 3 is 2.41 bits per heavy atom. The molecule has 0 atom stereocenters. The lowest BCUT2D eigenvalue weighted by molar-refractivity contribution is -0.140. The average molecular weight is 237 g/mol. The fourth-order valence-corrected chi connectivity index (χ4v) is 3.05. The molecule has 1 spiro atoms.